The standard InChI is InChI=1S/C25H33N5O2S2/c1-5-14-30(15-6-2)34(31,32)22-12-13-24-23(16-22)20(18-29(24)4)17-26-28-25(33)27-21-10-8-19(7-3)9-11-21/h8-13,16-18H,5-7,14-15H2,1-4H3,(H2,27,28,33). The van der Waals surface area contributed by atoms with Crippen molar-refractivity contribution < 1.29 is 8.42 Å². The molecule has 34 heavy (non-hydrogen) atoms. The maximum absolute atomic E-state index is 13.2. The first-order chi connectivity index (χ1) is 16.3. The molecule has 3 aromatic rings. The molecule has 1 heterocycles. The van der Waals surface area contributed by atoms with E-state index in [9.17, 15) is 8.42 Å². The summed E-state index contributed by atoms with van der Waals surface area (Å²) in [5.74, 6) is 0. The number of thiocarbonyl (C=S) groups is 1. The van der Waals surface area contributed by atoms with Gasteiger partial charge < -0.3 is 9.88 Å². The molecule has 7 nitrogen and oxygen atoms in total. The van der Waals surface area contributed by atoms with E-state index >= 15 is 0 Å². The van der Waals surface area contributed by atoms with Crippen LogP contribution in [0, 0.1) is 0 Å². The van der Waals surface area contributed by atoms with Crippen molar-refractivity contribution in [1.82, 2.24) is 14.3 Å². The Balaban J connectivity index is 1.79. The monoisotopic (exact) mass is 499 g/mol. The lowest BCUT2D eigenvalue weighted by atomic mass is 10.1. The van der Waals surface area contributed by atoms with Crippen molar-refractivity contribution in [3.8, 4) is 0 Å². The van der Waals surface area contributed by atoms with Crippen molar-refractivity contribution in [1.29, 1.82) is 0 Å². The summed E-state index contributed by atoms with van der Waals surface area (Å²) < 4.78 is 30.0. The van der Waals surface area contributed by atoms with Gasteiger partial charge in [-0.25, -0.2) is 8.42 Å². The molecule has 0 fully saturated rings. The predicted octanol–water partition coefficient (Wildman–Crippen LogP) is 4.87. The Morgan fingerprint density at radius 3 is 2.38 bits per heavy atom. The maximum atomic E-state index is 13.2. The van der Waals surface area contributed by atoms with Gasteiger partial charge in [-0.05, 0) is 67.4 Å². The Morgan fingerprint density at radius 2 is 1.76 bits per heavy atom. The van der Waals surface area contributed by atoms with Crippen LogP contribution in [0.1, 0.15) is 44.7 Å². The van der Waals surface area contributed by atoms with Crippen molar-refractivity contribution in [2.75, 3.05) is 18.4 Å². The van der Waals surface area contributed by atoms with E-state index in [1.54, 1.807) is 22.7 Å². The van der Waals surface area contributed by atoms with Gasteiger partial charge in [-0.1, -0.05) is 32.9 Å². The average Bonchev–Trinajstić information content (AvgIpc) is 3.14. The lowest BCUT2D eigenvalue weighted by Gasteiger charge is -2.21. The second-order valence-electron chi connectivity index (χ2n) is 8.15. The number of anilines is 1. The topological polar surface area (TPSA) is 78.7 Å². The van der Waals surface area contributed by atoms with Crippen molar-refractivity contribution in [2.24, 2.45) is 12.1 Å². The SMILES string of the molecule is CCCN(CCC)S(=O)(=O)c1ccc2c(c1)c(C=NNC(=S)Nc1ccc(CC)cc1)cn2C. The van der Waals surface area contributed by atoms with Crippen molar-refractivity contribution in [3.63, 3.8) is 0 Å². The van der Waals surface area contributed by atoms with Crippen LogP contribution in [0.5, 0.6) is 0 Å². The molecule has 0 radical (unpaired) electrons. The van der Waals surface area contributed by atoms with Gasteiger partial charge in [-0.2, -0.15) is 9.41 Å². The number of nitrogens with zero attached hydrogens (tertiary/aromatic N) is 3. The molecule has 0 aliphatic rings. The van der Waals surface area contributed by atoms with Crippen molar-refractivity contribution in [3.05, 3.63) is 59.8 Å². The van der Waals surface area contributed by atoms with Crippen molar-refractivity contribution in [2.45, 2.75) is 44.9 Å². The fraction of sp³-hybridized carbons (Fsp3) is 0.360. The number of hydrazone groups is 1. The Kier molecular flexibility index (Phi) is 8.82. The van der Waals surface area contributed by atoms with Crippen LogP contribution in [0.25, 0.3) is 10.9 Å². The molecule has 0 spiro atoms. The fourth-order valence-electron chi connectivity index (χ4n) is 3.81. The van der Waals surface area contributed by atoms with Crippen LogP contribution < -0.4 is 10.7 Å². The summed E-state index contributed by atoms with van der Waals surface area (Å²) in [5, 5.41) is 8.56. The summed E-state index contributed by atoms with van der Waals surface area (Å²) in [4.78, 5) is 0.295. The molecule has 0 aliphatic carbocycles. The molecule has 0 bridgehead atoms. The maximum Gasteiger partial charge on any atom is 0.243 e. The zero-order chi connectivity index (χ0) is 24.7. The van der Waals surface area contributed by atoms with Crippen LogP contribution in [0.4, 0.5) is 5.69 Å². The molecular formula is C25H33N5O2S2. The molecule has 0 saturated heterocycles. The Bertz CT molecular complexity index is 1260. The van der Waals surface area contributed by atoms with Gasteiger partial charge in [0.2, 0.25) is 10.0 Å². The average molecular weight is 500 g/mol. The molecule has 0 amide bonds. The first-order valence-corrected chi connectivity index (χ1v) is 13.4. The highest BCUT2D eigenvalue weighted by atomic mass is 32.2. The summed E-state index contributed by atoms with van der Waals surface area (Å²) in [6.07, 6.45) is 6.10. The second-order valence-corrected chi connectivity index (χ2v) is 10.5. The molecule has 0 aliphatic heterocycles. The van der Waals surface area contributed by atoms with E-state index in [0.717, 1.165) is 41.4 Å². The third-order valence-electron chi connectivity index (χ3n) is 5.57. The Hall–Kier alpha value is -2.75. The number of aryl methyl sites for hydroxylation is 2. The third-order valence-corrected chi connectivity index (χ3v) is 7.65. The minimum absolute atomic E-state index is 0.295. The second kappa shape index (κ2) is 11.6. The molecule has 0 atom stereocenters. The van der Waals surface area contributed by atoms with Crippen LogP contribution in [-0.2, 0) is 23.5 Å². The molecule has 0 unspecified atom stereocenters. The Morgan fingerprint density at radius 1 is 1.09 bits per heavy atom. The number of hydrogen-bond acceptors (Lipinski definition) is 4. The summed E-state index contributed by atoms with van der Waals surface area (Å²) in [5.41, 5.74) is 6.70. The predicted molar refractivity (Wildman–Crippen MR) is 145 cm³/mol. The summed E-state index contributed by atoms with van der Waals surface area (Å²) >= 11 is 5.34. The van der Waals surface area contributed by atoms with Gasteiger partial charge in [0.05, 0.1) is 11.1 Å². The zero-order valence-corrected chi connectivity index (χ0v) is 21.8. The zero-order valence-electron chi connectivity index (χ0n) is 20.2. The van der Waals surface area contributed by atoms with E-state index in [0.29, 0.717) is 23.1 Å². The fourth-order valence-corrected chi connectivity index (χ4v) is 5.63. The van der Waals surface area contributed by atoms with E-state index in [-0.39, 0.29) is 0 Å². The number of fused-ring (bicyclic) bond motifs is 1. The van der Waals surface area contributed by atoms with Crippen LogP contribution >= 0.6 is 12.2 Å². The number of benzene rings is 2. The van der Waals surface area contributed by atoms with Crippen LogP contribution in [0.2, 0.25) is 0 Å². The highest BCUT2D eigenvalue weighted by molar-refractivity contribution is 7.89. The van der Waals surface area contributed by atoms with E-state index < -0.39 is 10.0 Å². The lowest BCUT2D eigenvalue weighted by Crippen LogP contribution is -2.32. The van der Waals surface area contributed by atoms with Crippen LogP contribution in [0.15, 0.2) is 58.7 Å². The molecule has 182 valence electrons. The largest absolute Gasteiger partial charge is 0.350 e. The molecule has 2 N–H and O–H groups in total. The molecular weight excluding hydrogens is 466 g/mol. The normalized spacial score (nSPS) is 12.0. The van der Waals surface area contributed by atoms with Crippen LogP contribution in [0.3, 0.4) is 0 Å². The van der Waals surface area contributed by atoms with Gasteiger partial charge in [0, 0.05) is 48.5 Å². The van der Waals surface area contributed by atoms with Gasteiger partial charge >= 0.3 is 0 Å². The van der Waals surface area contributed by atoms with E-state index in [1.165, 1.54) is 5.56 Å². The first kappa shape index (κ1) is 25.9. The highest BCUT2D eigenvalue weighted by Crippen LogP contribution is 2.25. The summed E-state index contributed by atoms with van der Waals surface area (Å²) in [6, 6.07) is 13.3. The lowest BCUT2D eigenvalue weighted by molar-refractivity contribution is 0.410. The minimum Gasteiger partial charge on any atom is -0.350 e. The highest BCUT2D eigenvalue weighted by Gasteiger charge is 2.24. The van der Waals surface area contributed by atoms with E-state index in [1.807, 2.05) is 49.9 Å². The Labute approximate surface area is 207 Å². The number of rotatable bonds is 10. The number of nitrogens with one attached hydrogen (secondary N) is 2. The molecule has 9 heteroatoms. The summed E-state index contributed by atoms with van der Waals surface area (Å²) in [7, 11) is -1.64. The molecule has 3 rings (SSSR count). The smallest absolute Gasteiger partial charge is 0.243 e. The van der Waals surface area contributed by atoms with E-state index in [2.05, 4.69) is 34.9 Å². The minimum atomic E-state index is -3.56. The first-order valence-electron chi connectivity index (χ1n) is 11.6. The van der Waals surface area contributed by atoms with Crippen molar-refractivity contribution >= 4 is 50.2 Å². The van der Waals surface area contributed by atoms with Gasteiger partial charge in [-0.3, -0.25) is 5.43 Å². The van der Waals surface area contributed by atoms with Gasteiger partial charge in [-0.15, -0.1) is 0 Å². The van der Waals surface area contributed by atoms with Gasteiger partial charge in [0.15, 0.2) is 5.11 Å². The number of sulfonamides is 1. The number of hydrogen-bond donors (Lipinski definition) is 2. The molecule has 2 aromatic carbocycles. The van der Waals surface area contributed by atoms with Gasteiger partial charge in [0.25, 0.3) is 0 Å². The third kappa shape index (κ3) is 6.02. The van der Waals surface area contributed by atoms with Crippen LogP contribution in [-0.4, -0.2) is 41.7 Å². The number of aromatic nitrogens is 1. The summed E-state index contributed by atoms with van der Waals surface area (Å²) in [6.45, 7) is 7.10. The molecule has 0 saturated carbocycles. The molecule has 1 aromatic heterocycles. The van der Waals surface area contributed by atoms with E-state index in [4.69, 9.17) is 12.2 Å². The quantitative estimate of drug-likeness (QED) is 0.236. The van der Waals surface area contributed by atoms with Gasteiger partial charge in [0.1, 0.15) is 0 Å².